The molecule has 1 saturated heterocycles. The summed E-state index contributed by atoms with van der Waals surface area (Å²) in [4.78, 5) is 30.5. The van der Waals surface area contributed by atoms with E-state index in [1.54, 1.807) is 28.4 Å². The lowest BCUT2D eigenvalue weighted by Gasteiger charge is -2.24. The van der Waals surface area contributed by atoms with Crippen molar-refractivity contribution in [1.29, 1.82) is 0 Å². The average Bonchev–Trinajstić information content (AvgIpc) is 3.43. The molecule has 2 amide bonds. The molecule has 3 rings (SSSR count). The van der Waals surface area contributed by atoms with Crippen LogP contribution in [0, 0.1) is 0 Å². The van der Waals surface area contributed by atoms with Gasteiger partial charge in [-0.3, -0.25) is 14.5 Å². The number of anilines is 1. The van der Waals surface area contributed by atoms with Crippen LogP contribution >= 0.6 is 11.3 Å². The van der Waals surface area contributed by atoms with Gasteiger partial charge in [0.05, 0.1) is 12.6 Å². The van der Waals surface area contributed by atoms with Crippen molar-refractivity contribution in [3.05, 3.63) is 52.2 Å². The van der Waals surface area contributed by atoms with Crippen molar-refractivity contribution < 1.29 is 14.3 Å². The van der Waals surface area contributed by atoms with E-state index in [0.717, 1.165) is 32.5 Å². The molecule has 1 N–H and O–H groups in total. The van der Waals surface area contributed by atoms with Crippen molar-refractivity contribution in [2.24, 2.45) is 0 Å². The number of amides is 2. The van der Waals surface area contributed by atoms with Gasteiger partial charge in [0.1, 0.15) is 0 Å². The van der Waals surface area contributed by atoms with Crippen LogP contribution in [0.15, 0.2) is 41.8 Å². The number of carbonyl (C=O) groups excluding carboxylic acids is 2. The van der Waals surface area contributed by atoms with E-state index in [-0.39, 0.29) is 24.5 Å². The number of nitrogens with one attached hydrogen (secondary N) is 1. The molecule has 30 heavy (non-hydrogen) atoms. The lowest BCUT2D eigenvalue weighted by molar-refractivity contribution is -0.117. The summed E-state index contributed by atoms with van der Waals surface area (Å²) in [7, 11) is 0. The molecule has 1 aliphatic heterocycles. The topological polar surface area (TPSA) is 61.9 Å². The molecule has 0 spiro atoms. The first-order valence-corrected chi connectivity index (χ1v) is 11.5. The highest BCUT2D eigenvalue weighted by molar-refractivity contribution is 7.09. The van der Waals surface area contributed by atoms with E-state index >= 15 is 0 Å². The molecule has 2 aromatic rings. The van der Waals surface area contributed by atoms with Crippen molar-refractivity contribution >= 4 is 28.8 Å². The second kappa shape index (κ2) is 11.2. The molecule has 1 aromatic heterocycles. The molecule has 1 atom stereocenters. The molecule has 0 aliphatic carbocycles. The summed E-state index contributed by atoms with van der Waals surface area (Å²) >= 11 is 1.70. The third-order valence-corrected chi connectivity index (χ3v) is 6.12. The SMILES string of the molecule is CCN(CC)C(=O)c1cccc(NC(=O)CN(Cc2cccs2)C[C@H]2CCCO2)c1. The minimum absolute atomic E-state index is 0.0196. The van der Waals surface area contributed by atoms with E-state index in [0.29, 0.717) is 24.3 Å². The molecule has 2 heterocycles. The third-order valence-electron chi connectivity index (χ3n) is 5.26. The van der Waals surface area contributed by atoms with Gasteiger partial charge in [-0.05, 0) is 56.3 Å². The van der Waals surface area contributed by atoms with Crippen LogP contribution in [0.25, 0.3) is 0 Å². The fourth-order valence-electron chi connectivity index (χ4n) is 3.71. The van der Waals surface area contributed by atoms with Crippen LogP contribution < -0.4 is 5.32 Å². The van der Waals surface area contributed by atoms with Crippen molar-refractivity contribution in [2.75, 3.05) is 38.1 Å². The largest absolute Gasteiger partial charge is 0.377 e. The van der Waals surface area contributed by atoms with Gasteiger partial charge in [0.2, 0.25) is 5.91 Å². The standard InChI is InChI=1S/C23H31N3O3S/c1-3-26(4-2)23(28)18-8-5-9-19(14-18)24-22(27)17-25(15-20-10-6-12-29-20)16-21-11-7-13-30-21/h5,7-9,11,13-14,20H,3-4,6,10,12,15-17H2,1-2H3,(H,24,27)/t20-/m1/s1. The van der Waals surface area contributed by atoms with Crippen molar-refractivity contribution in [1.82, 2.24) is 9.80 Å². The zero-order chi connectivity index (χ0) is 21.3. The second-order valence-corrected chi connectivity index (χ2v) is 8.52. The van der Waals surface area contributed by atoms with Gasteiger partial charge in [-0.25, -0.2) is 0 Å². The lowest BCUT2D eigenvalue weighted by atomic mass is 10.1. The highest BCUT2D eigenvalue weighted by Crippen LogP contribution is 2.18. The van der Waals surface area contributed by atoms with Crippen LogP contribution in [0.3, 0.4) is 0 Å². The lowest BCUT2D eigenvalue weighted by Crippen LogP contribution is -2.37. The molecule has 0 radical (unpaired) electrons. The molecule has 1 aliphatic rings. The van der Waals surface area contributed by atoms with Crippen LogP contribution in [0.4, 0.5) is 5.69 Å². The first kappa shape index (κ1) is 22.5. The normalized spacial score (nSPS) is 16.0. The maximum Gasteiger partial charge on any atom is 0.253 e. The van der Waals surface area contributed by atoms with E-state index in [4.69, 9.17) is 4.74 Å². The van der Waals surface area contributed by atoms with E-state index in [1.165, 1.54) is 4.88 Å². The van der Waals surface area contributed by atoms with Gasteiger partial charge in [0, 0.05) is 48.9 Å². The average molecular weight is 430 g/mol. The first-order valence-electron chi connectivity index (χ1n) is 10.6. The molecule has 1 fully saturated rings. The molecule has 0 saturated carbocycles. The molecule has 7 heteroatoms. The Bertz CT molecular complexity index is 815. The van der Waals surface area contributed by atoms with Gasteiger partial charge in [-0.15, -0.1) is 11.3 Å². The van der Waals surface area contributed by atoms with Crippen LogP contribution in [0.5, 0.6) is 0 Å². The summed E-state index contributed by atoms with van der Waals surface area (Å²) in [5.74, 6) is -0.106. The second-order valence-electron chi connectivity index (χ2n) is 7.49. The molecular formula is C23H31N3O3S. The van der Waals surface area contributed by atoms with E-state index in [2.05, 4.69) is 21.7 Å². The van der Waals surface area contributed by atoms with Crippen LogP contribution in [-0.2, 0) is 16.1 Å². The van der Waals surface area contributed by atoms with Gasteiger partial charge < -0.3 is 15.0 Å². The minimum atomic E-state index is -0.0861. The Labute approximate surface area is 182 Å². The third kappa shape index (κ3) is 6.39. The molecule has 0 unspecified atom stereocenters. The number of rotatable bonds is 10. The zero-order valence-electron chi connectivity index (χ0n) is 17.8. The number of carbonyl (C=O) groups is 2. The Morgan fingerprint density at radius 2 is 2.03 bits per heavy atom. The number of ether oxygens (including phenoxy) is 1. The predicted octanol–water partition coefficient (Wildman–Crippen LogP) is 3.85. The monoisotopic (exact) mass is 429 g/mol. The van der Waals surface area contributed by atoms with Gasteiger partial charge in [0.25, 0.3) is 5.91 Å². The highest BCUT2D eigenvalue weighted by Gasteiger charge is 2.21. The molecule has 162 valence electrons. The number of hydrogen-bond acceptors (Lipinski definition) is 5. The Morgan fingerprint density at radius 3 is 2.70 bits per heavy atom. The summed E-state index contributed by atoms with van der Waals surface area (Å²) in [6.07, 6.45) is 2.31. The Hall–Kier alpha value is -2.22. The van der Waals surface area contributed by atoms with Crippen LogP contribution in [-0.4, -0.2) is 60.5 Å². The molecule has 0 bridgehead atoms. The summed E-state index contributed by atoms with van der Waals surface area (Å²) in [6.45, 7) is 7.80. The maximum atomic E-state index is 12.8. The first-order chi connectivity index (χ1) is 14.6. The predicted molar refractivity (Wildman–Crippen MR) is 121 cm³/mol. The van der Waals surface area contributed by atoms with Gasteiger partial charge in [-0.2, -0.15) is 0 Å². The number of benzene rings is 1. The molecule has 1 aromatic carbocycles. The number of nitrogens with zero attached hydrogens (tertiary/aromatic N) is 2. The fraction of sp³-hybridized carbons (Fsp3) is 0.478. The molecular weight excluding hydrogens is 398 g/mol. The van der Waals surface area contributed by atoms with E-state index in [9.17, 15) is 9.59 Å². The Morgan fingerprint density at radius 1 is 1.20 bits per heavy atom. The minimum Gasteiger partial charge on any atom is -0.377 e. The Kier molecular flexibility index (Phi) is 8.42. The van der Waals surface area contributed by atoms with Crippen molar-refractivity contribution in [2.45, 2.75) is 39.3 Å². The quantitative estimate of drug-likeness (QED) is 0.623. The number of hydrogen-bond donors (Lipinski definition) is 1. The smallest absolute Gasteiger partial charge is 0.253 e. The van der Waals surface area contributed by atoms with Crippen molar-refractivity contribution in [3.63, 3.8) is 0 Å². The van der Waals surface area contributed by atoms with Crippen LogP contribution in [0.1, 0.15) is 41.9 Å². The highest BCUT2D eigenvalue weighted by atomic mass is 32.1. The van der Waals surface area contributed by atoms with Crippen molar-refractivity contribution in [3.8, 4) is 0 Å². The number of thiophene rings is 1. The van der Waals surface area contributed by atoms with Crippen LogP contribution in [0.2, 0.25) is 0 Å². The maximum absolute atomic E-state index is 12.8. The van der Waals surface area contributed by atoms with Gasteiger partial charge >= 0.3 is 0 Å². The van der Waals surface area contributed by atoms with E-state index < -0.39 is 0 Å². The van der Waals surface area contributed by atoms with E-state index in [1.807, 2.05) is 32.0 Å². The summed E-state index contributed by atoms with van der Waals surface area (Å²) in [5.41, 5.74) is 1.23. The zero-order valence-corrected chi connectivity index (χ0v) is 18.6. The summed E-state index contributed by atoms with van der Waals surface area (Å²) < 4.78 is 5.78. The fourth-order valence-corrected chi connectivity index (χ4v) is 4.46. The van der Waals surface area contributed by atoms with Gasteiger partial charge in [-0.1, -0.05) is 12.1 Å². The summed E-state index contributed by atoms with van der Waals surface area (Å²) in [6, 6.07) is 11.3. The van der Waals surface area contributed by atoms with Gasteiger partial charge in [0.15, 0.2) is 0 Å². The Balaban J connectivity index is 1.62. The molecule has 6 nitrogen and oxygen atoms in total. The summed E-state index contributed by atoms with van der Waals surface area (Å²) in [5, 5.41) is 5.01.